The number of hydrogen-bond acceptors (Lipinski definition) is 7. The summed E-state index contributed by atoms with van der Waals surface area (Å²) in [5.74, 6) is -2.98. The largest absolute Gasteiger partial charge is 0.347 e. The maximum atomic E-state index is 14.8. The van der Waals surface area contributed by atoms with Crippen LogP contribution in [0.25, 0.3) is 0 Å². The Balaban J connectivity index is 1.38. The van der Waals surface area contributed by atoms with Gasteiger partial charge in [-0.2, -0.15) is 0 Å². The summed E-state index contributed by atoms with van der Waals surface area (Å²) in [4.78, 5) is 88.1. The van der Waals surface area contributed by atoms with Crippen molar-refractivity contribution in [3.8, 4) is 0 Å². The number of nitrogens with one attached hydrogen (secondary N) is 4. The number of pyridine rings is 1. The average Bonchev–Trinajstić information content (AvgIpc) is 3.84. The lowest BCUT2D eigenvalue weighted by atomic mass is 9.81. The van der Waals surface area contributed by atoms with Gasteiger partial charge >= 0.3 is 0 Å². The zero-order chi connectivity index (χ0) is 36.0. The molecule has 4 aliphatic rings. The highest BCUT2D eigenvalue weighted by Crippen LogP contribution is 2.41. The number of carbonyl (C=O) groups excluding carboxylic acids is 6. The Hall–Kier alpha value is -3.83. The molecule has 1 aliphatic heterocycles. The van der Waals surface area contributed by atoms with Gasteiger partial charge in [-0.1, -0.05) is 72.3 Å². The Labute approximate surface area is 296 Å². The summed E-state index contributed by atoms with van der Waals surface area (Å²) in [6, 6.07) is 1.22. The molecule has 5 rings (SSSR count). The molecule has 1 saturated heterocycles. The van der Waals surface area contributed by atoms with Gasteiger partial charge in [0.1, 0.15) is 23.8 Å². The van der Waals surface area contributed by atoms with Gasteiger partial charge in [0, 0.05) is 18.3 Å². The number of likely N-dealkylation sites (tertiary alicyclic amines) is 1. The minimum atomic E-state index is -0.985. The lowest BCUT2D eigenvalue weighted by Crippen LogP contribution is -2.63. The van der Waals surface area contributed by atoms with E-state index in [2.05, 4.69) is 26.3 Å². The van der Waals surface area contributed by atoms with Crippen molar-refractivity contribution in [2.45, 2.75) is 154 Å². The first kappa shape index (κ1) is 37.4. The fourth-order valence-electron chi connectivity index (χ4n) is 8.09. The summed E-state index contributed by atoms with van der Waals surface area (Å²) in [6.07, 6.45) is 12.7. The topological polar surface area (TPSA) is 167 Å². The van der Waals surface area contributed by atoms with Crippen molar-refractivity contribution in [1.29, 1.82) is 0 Å². The maximum Gasteiger partial charge on any atom is 0.289 e. The van der Waals surface area contributed by atoms with Crippen molar-refractivity contribution in [2.75, 3.05) is 0 Å². The molecular weight excluding hydrogens is 636 g/mol. The second-order valence-corrected chi connectivity index (χ2v) is 15.9. The predicted octanol–water partition coefficient (Wildman–Crippen LogP) is 3.58. The van der Waals surface area contributed by atoms with Crippen LogP contribution in [0, 0.1) is 17.3 Å². The number of aromatic nitrogens is 1. The first-order chi connectivity index (χ1) is 23.9. The molecule has 4 fully saturated rings. The fraction of sp³-hybridized carbons (Fsp3) is 0.711. The summed E-state index contributed by atoms with van der Waals surface area (Å²) in [7, 11) is 0. The van der Waals surface area contributed by atoms with E-state index in [9.17, 15) is 28.8 Å². The molecule has 0 spiro atoms. The van der Waals surface area contributed by atoms with Gasteiger partial charge in [-0.25, -0.2) is 0 Å². The van der Waals surface area contributed by atoms with Gasteiger partial charge in [-0.3, -0.25) is 33.8 Å². The molecule has 1 aromatic rings. The van der Waals surface area contributed by atoms with Crippen LogP contribution in [0.2, 0.25) is 0 Å². The molecule has 274 valence electrons. The van der Waals surface area contributed by atoms with Crippen LogP contribution < -0.4 is 21.3 Å². The van der Waals surface area contributed by atoms with Gasteiger partial charge in [0.2, 0.25) is 23.5 Å². The van der Waals surface area contributed by atoms with E-state index in [-0.39, 0.29) is 35.5 Å². The Morgan fingerprint density at radius 1 is 0.880 bits per heavy atom. The van der Waals surface area contributed by atoms with E-state index in [0.717, 1.165) is 70.6 Å². The quantitative estimate of drug-likeness (QED) is 0.229. The third-order valence-electron chi connectivity index (χ3n) is 11.0. The molecule has 0 radical (unpaired) electrons. The van der Waals surface area contributed by atoms with Crippen LogP contribution in [0.15, 0.2) is 24.4 Å². The zero-order valence-corrected chi connectivity index (χ0v) is 30.2. The molecule has 0 aromatic carbocycles. The molecule has 3 saturated carbocycles. The Morgan fingerprint density at radius 2 is 1.58 bits per heavy atom. The van der Waals surface area contributed by atoms with Gasteiger partial charge < -0.3 is 26.2 Å². The third kappa shape index (κ3) is 9.09. The molecule has 12 nitrogen and oxygen atoms in total. The zero-order valence-electron chi connectivity index (χ0n) is 30.2. The van der Waals surface area contributed by atoms with Crippen LogP contribution in [0.3, 0.4) is 0 Å². The minimum absolute atomic E-state index is 0.0149. The molecule has 6 atom stereocenters. The van der Waals surface area contributed by atoms with Crippen LogP contribution in [-0.4, -0.2) is 81.5 Å². The van der Waals surface area contributed by atoms with Crippen LogP contribution >= 0.6 is 0 Å². The van der Waals surface area contributed by atoms with Crippen molar-refractivity contribution in [2.24, 2.45) is 17.3 Å². The van der Waals surface area contributed by atoms with Crippen LogP contribution in [0.1, 0.15) is 128 Å². The predicted molar refractivity (Wildman–Crippen MR) is 187 cm³/mol. The van der Waals surface area contributed by atoms with E-state index in [1.165, 1.54) is 6.20 Å². The van der Waals surface area contributed by atoms with E-state index in [0.29, 0.717) is 19.3 Å². The number of amides is 5. The molecule has 2 unspecified atom stereocenters. The summed E-state index contributed by atoms with van der Waals surface area (Å²) in [5, 5.41) is 11.6. The lowest BCUT2D eigenvalue weighted by molar-refractivity contribution is -0.147. The van der Waals surface area contributed by atoms with Crippen molar-refractivity contribution >= 4 is 35.3 Å². The maximum absolute atomic E-state index is 14.8. The molecule has 0 bridgehead atoms. The van der Waals surface area contributed by atoms with Gasteiger partial charge in [-0.15, -0.1) is 0 Å². The molecule has 5 amide bonds. The number of ketones is 1. The molecule has 3 aliphatic carbocycles. The number of fused-ring (bicyclic) bond motifs is 1. The molecule has 2 heterocycles. The summed E-state index contributed by atoms with van der Waals surface area (Å²) < 4.78 is 0. The summed E-state index contributed by atoms with van der Waals surface area (Å²) in [6.45, 7) is 7.54. The Morgan fingerprint density at radius 3 is 2.22 bits per heavy atom. The normalized spacial score (nSPS) is 24.2. The van der Waals surface area contributed by atoms with Crippen LogP contribution in [0.5, 0.6) is 0 Å². The number of Topliss-reactive ketones (excluding diaryl/α,β-unsaturated/α-hetero) is 1. The third-order valence-corrected chi connectivity index (χ3v) is 11.0. The fourth-order valence-corrected chi connectivity index (χ4v) is 8.09. The second-order valence-electron chi connectivity index (χ2n) is 15.9. The smallest absolute Gasteiger partial charge is 0.289 e. The summed E-state index contributed by atoms with van der Waals surface area (Å²) >= 11 is 0. The van der Waals surface area contributed by atoms with E-state index in [4.69, 9.17) is 0 Å². The SMILES string of the molecule is CCC[C@H](NC(=O)[C@@H]1CC2CCCCC2N1C(=O)[C@@H](NC(=O)[C@@H](NC(=O)c1ccccn1)C1CCCCC1)C(C)(C)C)C(=O)C(=O)NC1CC1. The van der Waals surface area contributed by atoms with Gasteiger partial charge in [0.05, 0.1) is 6.04 Å². The monoisotopic (exact) mass is 692 g/mol. The van der Waals surface area contributed by atoms with Crippen molar-refractivity contribution in [3.05, 3.63) is 30.1 Å². The Kier molecular flexibility index (Phi) is 12.3. The lowest BCUT2D eigenvalue weighted by Gasteiger charge is -2.40. The first-order valence-corrected chi connectivity index (χ1v) is 18.9. The van der Waals surface area contributed by atoms with Crippen molar-refractivity contribution < 1.29 is 28.8 Å². The van der Waals surface area contributed by atoms with Gasteiger partial charge in [0.15, 0.2) is 0 Å². The highest BCUT2D eigenvalue weighted by atomic mass is 16.2. The molecule has 4 N–H and O–H groups in total. The Bertz CT molecular complexity index is 1400. The van der Waals surface area contributed by atoms with Crippen LogP contribution in [-0.2, 0) is 24.0 Å². The average molecular weight is 693 g/mol. The standard InChI is InChI=1S/C38H56N6O6/c1-5-13-26(31(45)36(49)40-25-19-20-25)41-34(47)29-22-24-16-9-10-18-28(24)44(29)37(50)32(38(2,3)4)43-35(48)30(23-14-7-6-8-15-23)42-33(46)27-17-11-12-21-39-27/h11-12,17,21,23-26,28-30,32H,5-10,13-16,18-20,22H2,1-4H3,(H,40,49)(H,41,47)(H,42,46)(H,43,48)/t24?,26-,28?,29-,30-,32+/m0/s1. The second kappa shape index (κ2) is 16.5. The molecule has 12 heteroatoms. The van der Waals surface area contributed by atoms with Gasteiger partial charge in [-0.05, 0) is 80.8 Å². The highest BCUT2D eigenvalue weighted by molar-refractivity contribution is 6.38. The molecule has 1 aromatic heterocycles. The number of carbonyl (C=O) groups is 6. The van der Waals surface area contributed by atoms with Crippen molar-refractivity contribution in [3.63, 3.8) is 0 Å². The van der Waals surface area contributed by atoms with E-state index >= 15 is 0 Å². The minimum Gasteiger partial charge on any atom is -0.347 e. The number of nitrogens with zero attached hydrogens (tertiary/aromatic N) is 2. The van der Waals surface area contributed by atoms with Crippen LogP contribution in [0.4, 0.5) is 0 Å². The van der Waals surface area contributed by atoms with E-state index in [1.807, 2.05) is 27.7 Å². The first-order valence-electron chi connectivity index (χ1n) is 18.9. The number of hydrogen-bond donors (Lipinski definition) is 4. The number of rotatable bonds is 13. The highest BCUT2D eigenvalue weighted by Gasteiger charge is 2.51. The van der Waals surface area contributed by atoms with Gasteiger partial charge in [0.25, 0.3) is 11.8 Å². The molecule has 50 heavy (non-hydrogen) atoms. The van der Waals surface area contributed by atoms with E-state index in [1.54, 1.807) is 23.1 Å². The molecular formula is C38H56N6O6. The summed E-state index contributed by atoms with van der Waals surface area (Å²) in [5.41, 5.74) is -0.520. The van der Waals surface area contributed by atoms with Crippen molar-refractivity contribution in [1.82, 2.24) is 31.2 Å². The van der Waals surface area contributed by atoms with E-state index < -0.39 is 59.0 Å².